The number of benzene rings is 1. The first-order chi connectivity index (χ1) is 7.84. The molecule has 2 unspecified atom stereocenters. The number of rotatable bonds is 2. The van der Waals surface area contributed by atoms with Crippen molar-refractivity contribution < 1.29 is 5.11 Å². The van der Waals surface area contributed by atoms with Crippen molar-refractivity contribution in [2.45, 2.75) is 31.4 Å². The molecule has 1 aromatic carbocycles. The highest BCUT2D eigenvalue weighted by atomic mass is 16.3. The summed E-state index contributed by atoms with van der Waals surface area (Å²) >= 11 is 0. The molecule has 1 N–H and O–H groups in total. The zero-order valence-electron chi connectivity index (χ0n) is 9.55. The Kier molecular flexibility index (Phi) is 2.70. The van der Waals surface area contributed by atoms with E-state index in [0.717, 1.165) is 6.42 Å². The molecule has 2 heteroatoms. The molecule has 2 atom stereocenters. The molecule has 2 bridgehead atoms. The SMILES string of the molecule is OC1C2CCN(CC2)C1Cc1ccccc1. The number of hydrogen-bond donors (Lipinski definition) is 1. The molecule has 0 aromatic heterocycles. The Labute approximate surface area is 96.9 Å². The van der Waals surface area contributed by atoms with Crippen molar-refractivity contribution in [2.24, 2.45) is 5.92 Å². The molecule has 3 aliphatic heterocycles. The van der Waals surface area contributed by atoms with Gasteiger partial charge in [-0.25, -0.2) is 0 Å². The lowest BCUT2D eigenvalue weighted by Crippen LogP contribution is -2.58. The van der Waals surface area contributed by atoms with Crippen molar-refractivity contribution in [3.8, 4) is 0 Å². The van der Waals surface area contributed by atoms with Gasteiger partial charge in [-0.3, -0.25) is 4.90 Å². The molecule has 0 spiro atoms. The Morgan fingerprint density at radius 3 is 2.44 bits per heavy atom. The first-order valence-corrected chi connectivity index (χ1v) is 6.30. The van der Waals surface area contributed by atoms with Gasteiger partial charge in [-0.15, -0.1) is 0 Å². The van der Waals surface area contributed by atoms with Gasteiger partial charge < -0.3 is 5.11 Å². The van der Waals surface area contributed by atoms with Gasteiger partial charge in [-0.05, 0) is 43.8 Å². The van der Waals surface area contributed by atoms with Gasteiger partial charge in [-0.2, -0.15) is 0 Å². The zero-order valence-corrected chi connectivity index (χ0v) is 9.55. The maximum atomic E-state index is 10.3. The van der Waals surface area contributed by atoms with Crippen molar-refractivity contribution in [2.75, 3.05) is 13.1 Å². The summed E-state index contributed by atoms with van der Waals surface area (Å²) in [6.07, 6.45) is 3.26. The predicted molar refractivity (Wildman–Crippen MR) is 64.2 cm³/mol. The summed E-state index contributed by atoms with van der Waals surface area (Å²) in [5, 5.41) is 10.3. The number of piperidine rings is 3. The maximum Gasteiger partial charge on any atom is 0.0727 e. The quantitative estimate of drug-likeness (QED) is 0.815. The van der Waals surface area contributed by atoms with Gasteiger partial charge >= 0.3 is 0 Å². The van der Waals surface area contributed by atoms with Crippen LogP contribution in [0, 0.1) is 5.92 Å². The highest BCUT2D eigenvalue weighted by molar-refractivity contribution is 5.17. The monoisotopic (exact) mass is 217 g/mol. The van der Waals surface area contributed by atoms with Crippen molar-refractivity contribution in [1.82, 2.24) is 4.90 Å². The molecule has 3 heterocycles. The van der Waals surface area contributed by atoms with Crippen LogP contribution in [0.1, 0.15) is 18.4 Å². The number of aliphatic hydroxyl groups is 1. The van der Waals surface area contributed by atoms with Gasteiger partial charge in [0.2, 0.25) is 0 Å². The lowest BCUT2D eigenvalue weighted by atomic mass is 9.78. The second-order valence-corrected chi connectivity index (χ2v) is 5.12. The van der Waals surface area contributed by atoms with Crippen LogP contribution in [0.5, 0.6) is 0 Å². The van der Waals surface area contributed by atoms with Gasteiger partial charge in [0.1, 0.15) is 0 Å². The van der Waals surface area contributed by atoms with Gasteiger partial charge in [0, 0.05) is 6.04 Å². The highest BCUT2D eigenvalue weighted by Gasteiger charge is 2.40. The lowest BCUT2D eigenvalue weighted by molar-refractivity contribution is -0.0715. The van der Waals surface area contributed by atoms with E-state index in [0.29, 0.717) is 12.0 Å². The van der Waals surface area contributed by atoms with Crippen LogP contribution in [0.3, 0.4) is 0 Å². The molecular formula is C14H19NO. The fourth-order valence-electron chi connectivity index (χ4n) is 3.23. The van der Waals surface area contributed by atoms with E-state index >= 15 is 0 Å². The average molecular weight is 217 g/mol. The van der Waals surface area contributed by atoms with E-state index in [-0.39, 0.29) is 6.10 Å². The zero-order chi connectivity index (χ0) is 11.0. The lowest BCUT2D eigenvalue weighted by Gasteiger charge is -2.49. The molecule has 2 nitrogen and oxygen atoms in total. The number of fused-ring (bicyclic) bond motifs is 3. The third-order valence-electron chi connectivity index (χ3n) is 4.21. The standard InChI is InChI=1S/C14H19NO/c16-14-12-6-8-15(9-7-12)13(14)10-11-4-2-1-3-5-11/h1-5,12-14,16H,6-10H2. The molecule has 86 valence electrons. The van der Waals surface area contributed by atoms with Crippen LogP contribution in [0.25, 0.3) is 0 Å². The minimum atomic E-state index is -0.109. The van der Waals surface area contributed by atoms with E-state index in [9.17, 15) is 5.11 Å². The fraction of sp³-hybridized carbons (Fsp3) is 0.571. The van der Waals surface area contributed by atoms with Crippen molar-refractivity contribution in [3.63, 3.8) is 0 Å². The van der Waals surface area contributed by atoms with Crippen LogP contribution in [0.15, 0.2) is 30.3 Å². The van der Waals surface area contributed by atoms with Crippen molar-refractivity contribution in [1.29, 1.82) is 0 Å². The van der Waals surface area contributed by atoms with Crippen LogP contribution >= 0.6 is 0 Å². The Morgan fingerprint density at radius 2 is 1.81 bits per heavy atom. The number of hydrogen-bond acceptors (Lipinski definition) is 2. The summed E-state index contributed by atoms with van der Waals surface area (Å²) < 4.78 is 0. The molecule has 0 radical (unpaired) electrons. The third-order valence-corrected chi connectivity index (χ3v) is 4.21. The average Bonchev–Trinajstić information content (AvgIpc) is 2.36. The topological polar surface area (TPSA) is 23.5 Å². The smallest absolute Gasteiger partial charge is 0.0727 e. The number of aliphatic hydroxyl groups excluding tert-OH is 1. The van der Waals surface area contributed by atoms with Crippen molar-refractivity contribution in [3.05, 3.63) is 35.9 Å². The van der Waals surface area contributed by atoms with Gasteiger partial charge in [0.15, 0.2) is 0 Å². The van der Waals surface area contributed by atoms with E-state index in [4.69, 9.17) is 0 Å². The Balaban J connectivity index is 1.75. The fourth-order valence-corrected chi connectivity index (χ4v) is 3.23. The maximum absolute atomic E-state index is 10.3. The van der Waals surface area contributed by atoms with Crippen LogP contribution in [0.2, 0.25) is 0 Å². The largest absolute Gasteiger partial charge is 0.391 e. The van der Waals surface area contributed by atoms with Crippen molar-refractivity contribution >= 4 is 0 Å². The summed E-state index contributed by atoms with van der Waals surface area (Å²) in [6.45, 7) is 2.36. The summed E-state index contributed by atoms with van der Waals surface area (Å²) in [4.78, 5) is 2.47. The van der Waals surface area contributed by atoms with Crippen LogP contribution in [-0.2, 0) is 6.42 Å². The van der Waals surface area contributed by atoms with Crippen LogP contribution in [0.4, 0.5) is 0 Å². The molecule has 0 amide bonds. The van der Waals surface area contributed by atoms with Gasteiger partial charge in [-0.1, -0.05) is 30.3 Å². The molecule has 16 heavy (non-hydrogen) atoms. The third kappa shape index (κ3) is 1.76. The molecule has 3 saturated heterocycles. The normalized spacial score (nSPS) is 37.6. The van der Waals surface area contributed by atoms with Crippen LogP contribution in [-0.4, -0.2) is 35.2 Å². The molecule has 3 fully saturated rings. The number of nitrogens with zero attached hydrogens (tertiary/aromatic N) is 1. The summed E-state index contributed by atoms with van der Waals surface area (Å²) in [5.74, 6) is 0.554. The van der Waals surface area contributed by atoms with Gasteiger partial charge in [0.05, 0.1) is 6.10 Å². The summed E-state index contributed by atoms with van der Waals surface area (Å²) in [6, 6.07) is 10.9. The second-order valence-electron chi connectivity index (χ2n) is 5.12. The van der Waals surface area contributed by atoms with E-state index < -0.39 is 0 Å². The first kappa shape index (κ1) is 10.3. The first-order valence-electron chi connectivity index (χ1n) is 6.30. The molecule has 0 aliphatic carbocycles. The van der Waals surface area contributed by atoms with E-state index in [1.807, 2.05) is 6.07 Å². The molecule has 0 saturated carbocycles. The Bertz CT molecular complexity index is 341. The molecular weight excluding hydrogens is 198 g/mol. The van der Waals surface area contributed by atoms with Gasteiger partial charge in [0.25, 0.3) is 0 Å². The second kappa shape index (κ2) is 4.19. The Hall–Kier alpha value is -0.860. The minimum Gasteiger partial charge on any atom is -0.391 e. The van der Waals surface area contributed by atoms with E-state index in [2.05, 4.69) is 29.2 Å². The summed E-state index contributed by atoms with van der Waals surface area (Å²) in [7, 11) is 0. The predicted octanol–water partition coefficient (Wildman–Crippen LogP) is 1.68. The molecule has 3 aliphatic rings. The Morgan fingerprint density at radius 1 is 1.12 bits per heavy atom. The molecule has 1 aromatic rings. The molecule has 4 rings (SSSR count). The highest BCUT2D eigenvalue weighted by Crippen LogP contribution is 2.33. The van der Waals surface area contributed by atoms with Crippen LogP contribution < -0.4 is 0 Å². The van der Waals surface area contributed by atoms with E-state index in [1.54, 1.807) is 0 Å². The van der Waals surface area contributed by atoms with E-state index in [1.165, 1.54) is 31.5 Å². The summed E-state index contributed by atoms with van der Waals surface area (Å²) in [5.41, 5.74) is 1.35. The minimum absolute atomic E-state index is 0.109.